The van der Waals surface area contributed by atoms with Gasteiger partial charge >= 0.3 is 0 Å². The second-order valence-corrected chi connectivity index (χ2v) is 3.82. The van der Waals surface area contributed by atoms with Crippen LogP contribution in [0.25, 0.3) is 0 Å². The molecule has 1 rings (SSSR count). The monoisotopic (exact) mass is 198 g/mol. The van der Waals surface area contributed by atoms with Crippen LogP contribution < -0.4 is 0 Å². The average molecular weight is 199 g/mol. The maximum Gasteiger partial charge on any atom is 0.0815 e. The summed E-state index contributed by atoms with van der Waals surface area (Å²) in [6.45, 7) is 4.10. The number of benzene rings is 1. The highest BCUT2D eigenvalue weighted by atomic mass is 35.5. The van der Waals surface area contributed by atoms with Gasteiger partial charge in [0.15, 0.2) is 0 Å². The largest absolute Gasteiger partial charge is 0.388 e. The molecule has 2 heteroatoms. The van der Waals surface area contributed by atoms with Crippen molar-refractivity contribution in [3.05, 3.63) is 34.9 Å². The molecule has 0 saturated carbocycles. The zero-order valence-corrected chi connectivity index (χ0v) is 8.75. The summed E-state index contributed by atoms with van der Waals surface area (Å²) < 4.78 is 0. The van der Waals surface area contributed by atoms with Crippen LogP contribution in [0.5, 0.6) is 0 Å². The van der Waals surface area contributed by atoms with E-state index in [1.165, 1.54) is 0 Å². The molecule has 0 aliphatic heterocycles. The van der Waals surface area contributed by atoms with Crippen molar-refractivity contribution in [1.29, 1.82) is 0 Å². The van der Waals surface area contributed by atoms with E-state index < -0.39 is 6.10 Å². The number of aliphatic hydroxyl groups is 1. The van der Waals surface area contributed by atoms with Gasteiger partial charge in [0.25, 0.3) is 0 Å². The second kappa shape index (κ2) is 4.64. The zero-order valence-electron chi connectivity index (χ0n) is 8.00. The van der Waals surface area contributed by atoms with Gasteiger partial charge in [0.2, 0.25) is 0 Å². The molecular weight excluding hydrogens is 184 g/mol. The Morgan fingerprint density at radius 2 is 2.15 bits per heavy atom. The van der Waals surface area contributed by atoms with E-state index in [1.54, 1.807) is 0 Å². The lowest BCUT2D eigenvalue weighted by Crippen LogP contribution is -2.07. The summed E-state index contributed by atoms with van der Waals surface area (Å²) >= 11 is 5.83. The highest BCUT2D eigenvalue weighted by molar-refractivity contribution is 6.30. The second-order valence-electron chi connectivity index (χ2n) is 3.39. The van der Waals surface area contributed by atoms with Crippen LogP contribution in [-0.2, 0) is 0 Å². The van der Waals surface area contributed by atoms with Gasteiger partial charge in [0.1, 0.15) is 0 Å². The van der Waals surface area contributed by atoms with E-state index in [0.29, 0.717) is 5.02 Å². The van der Waals surface area contributed by atoms with E-state index in [1.807, 2.05) is 31.2 Å². The first-order valence-electron chi connectivity index (χ1n) is 4.58. The minimum Gasteiger partial charge on any atom is -0.388 e. The van der Waals surface area contributed by atoms with Crippen molar-refractivity contribution in [3.8, 4) is 0 Å². The highest BCUT2D eigenvalue weighted by Crippen LogP contribution is 2.25. The van der Waals surface area contributed by atoms with Crippen LogP contribution in [0, 0.1) is 5.92 Å². The fourth-order valence-electron chi connectivity index (χ4n) is 1.24. The van der Waals surface area contributed by atoms with Crippen molar-refractivity contribution in [2.24, 2.45) is 5.92 Å². The quantitative estimate of drug-likeness (QED) is 0.789. The Hall–Kier alpha value is -0.530. The van der Waals surface area contributed by atoms with Gasteiger partial charge in [0, 0.05) is 5.02 Å². The Bertz CT molecular complexity index is 273. The van der Waals surface area contributed by atoms with Gasteiger partial charge in [0.05, 0.1) is 6.10 Å². The van der Waals surface area contributed by atoms with E-state index >= 15 is 0 Å². The van der Waals surface area contributed by atoms with Gasteiger partial charge in [-0.3, -0.25) is 0 Å². The van der Waals surface area contributed by atoms with E-state index in [4.69, 9.17) is 11.6 Å². The summed E-state index contributed by atoms with van der Waals surface area (Å²) in [7, 11) is 0. The molecular formula is C11H15ClO. The lowest BCUT2D eigenvalue weighted by Gasteiger charge is -2.17. The normalized spacial score (nSPS) is 15.4. The van der Waals surface area contributed by atoms with Gasteiger partial charge in [-0.05, 0) is 23.6 Å². The number of aliphatic hydroxyl groups excluding tert-OH is 1. The molecule has 2 atom stereocenters. The standard InChI is InChI=1S/C11H15ClO/c1-3-8(2)11(13)9-5-4-6-10(12)7-9/h4-8,11,13H,3H2,1-2H3/t8-,11+/m1/s1. The van der Waals surface area contributed by atoms with Gasteiger partial charge in [-0.1, -0.05) is 44.0 Å². The molecule has 0 aromatic heterocycles. The Kier molecular flexibility index (Phi) is 3.76. The third-order valence-electron chi connectivity index (χ3n) is 2.37. The van der Waals surface area contributed by atoms with Crippen LogP contribution in [0.2, 0.25) is 5.02 Å². The minimum absolute atomic E-state index is 0.276. The third-order valence-corrected chi connectivity index (χ3v) is 2.61. The highest BCUT2D eigenvalue weighted by Gasteiger charge is 2.14. The Morgan fingerprint density at radius 1 is 1.46 bits per heavy atom. The maximum absolute atomic E-state index is 9.85. The number of hydrogen-bond donors (Lipinski definition) is 1. The third kappa shape index (κ3) is 2.71. The molecule has 1 nitrogen and oxygen atoms in total. The van der Waals surface area contributed by atoms with Gasteiger partial charge in [-0.2, -0.15) is 0 Å². The Labute approximate surface area is 84.4 Å². The van der Waals surface area contributed by atoms with Gasteiger partial charge in [-0.25, -0.2) is 0 Å². The van der Waals surface area contributed by atoms with Crippen molar-refractivity contribution in [2.75, 3.05) is 0 Å². The first-order chi connectivity index (χ1) is 6.15. The van der Waals surface area contributed by atoms with Crippen molar-refractivity contribution in [1.82, 2.24) is 0 Å². The molecule has 0 heterocycles. The number of rotatable bonds is 3. The molecule has 0 aliphatic rings. The molecule has 0 aliphatic carbocycles. The molecule has 0 spiro atoms. The summed E-state index contributed by atoms with van der Waals surface area (Å²) in [6, 6.07) is 7.40. The van der Waals surface area contributed by atoms with Crippen molar-refractivity contribution in [2.45, 2.75) is 26.4 Å². The van der Waals surface area contributed by atoms with E-state index in [-0.39, 0.29) is 5.92 Å². The minimum atomic E-state index is -0.399. The molecule has 0 fully saturated rings. The van der Waals surface area contributed by atoms with Crippen LogP contribution in [0.1, 0.15) is 31.9 Å². The van der Waals surface area contributed by atoms with Crippen molar-refractivity contribution < 1.29 is 5.11 Å². The SMILES string of the molecule is CC[C@@H](C)[C@H](O)c1cccc(Cl)c1. The molecule has 13 heavy (non-hydrogen) atoms. The molecule has 0 saturated heterocycles. The molecule has 1 N–H and O–H groups in total. The summed E-state index contributed by atoms with van der Waals surface area (Å²) in [5.41, 5.74) is 0.904. The van der Waals surface area contributed by atoms with E-state index in [2.05, 4.69) is 6.92 Å². The van der Waals surface area contributed by atoms with Crippen LogP contribution in [-0.4, -0.2) is 5.11 Å². The van der Waals surface area contributed by atoms with Gasteiger partial charge in [-0.15, -0.1) is 0 Å². The molecule has 72 valence electrons. The van der Waals surface area contributed by atoms with Gasteiger partial charge < -0.3 is 5.11 Å². The van der Waals surface area contributed by atoms with Crippen LogP contribution in [0.3, 0.4) is 0 Å². The van der Waals surface area contributed by atoms with Crippen LogP contribution in [0.15, 0.2) is 24.3 Å². The molecule has 1 aromatic rings. The molecule has 0 unspecified atom stereocenters. The van der Waals surface area contributed by atoms with E-state index in [9.17, 15) is 5.11 Å². The molecule has 1 aromatic carbocycles. The summed E-state index contributed by atoms with van der Waals surface area (Å²) in [5.74, 6) is 0.276. The predicted molar refractivity (Wildman–Crippen MR) is 55.9 cm³/mol. The molecule has 0 radical (unpaired) electrons. The van der Waals surface area contributed by atoms with Crippen molar-refractivity contribution in [3.63, 3.8) is 0 Å². The Morgan fingerprint density at radius 3 is 2.69 bits per heavy atom. The smallest absolute Gasteiger partial charge is 0.0815 e. The fraction of sp³-hybridized carbons (Fsp3) is 0.455. The molecule has 0 amide bonds. The molecule has 0 bridgehead atoms. The van der Waals surface area contributed by atoms with Crippen molar-refractivity contribution >= 4 is 11.6 Å². The first-order valence-corrected chi connectivity index (χ1v) is 4.96. The fourth-order valence-corrected chi connectivity index (χ4v) is 1.44. The maximum atomic E-state index is 9.85. The lowest BCUT2D eigenvalue weighted by atomic mass is 9.95. The topological polar surface area (TPSA) is 20.2 Å². The van der Waals surface area contributed by atoms with Crippen LogP contribution in [0.4, 0.5) is 0 Å². The Balaban J connectivity index is 2.82. The zero-order chi connectivity index (χ0) is 9.84. The summed E-state index contributed by atoms with van der Waals surface area (Å²) in [6.07, 6.45) is 0.567. The predicted octanol–water partition coefficient (Wildman–Crippen LogP) is 3.42. The summed E-state index contributed by atoms with van der Waals surface area (Å²) in [5, 5.41) is 10.5. The average Bonchev–Trinajstić information content (AvgIpc) is 2.15. The van der Waals surface area contributed by atoms with E-state index in [0.717, 1.165) is 12.0 Å². The van der Waals surface area contributed by atoms with Crippen LogP contribution >= 0.6 is 11.6 Å². The number of halogens is 1. The first kappa shape index (κ1) is 10.6. The lowest BCUT2D eigenvalue weighted by molar-refractivity contribution is 0.115. The summed E-state index contributed by atoms with van der Waals surface area (Å²) in [4.78, 5) is 0. The number of hydrogen-bond acceptors (Lipinski definition) is 1.